The predicted molar refractivity (Wildman–Crippen MR) is 120 cm³/mol. The summed E-state index contributed by atoms with van der Waals surface area (Å²) in [6.45, 7) is 7.23. The van der Waals surface area contributed by atoms with Crippen LogP contribution in [0.3, 0.4) is 0 Å². The summed E-state index contributed by atoms with van der Waals surface area (Å²) in [4.78, 5) is 14.8. The fourth-order valence-electron chi connectivity index (χ4n) is 3.62. The average Bonchev–Trinajstić information content (AvgIpc) is 3.43. The highest BCUT2D eigenvalue weighted by Gasteiger charge is 2.17. The Bertz CT molecular complexity index is 960. The highest BCUT2D eigenvalue weighted by Crippen LogP contribution is 2.26. The molecule has 1 aromatic carbocycles. The van der Waals surface area contributed by atoms with E-state index in [9.17, 15) is 4.79 Å². The Labute approximate surface area is 180 Å². The minimum Gasteiger partial charge on any atom is -0.461 e. The number of nitrogens with zero attached hydrogens (tertiary/aromatic N) is 4. The smallest absolute Gasteiger partial charge is 0.234 e. The van der Waals surface area contributed by atoms with Crippen molar-refractivity contribution in [1.82, 2.24) is 14.8 Å². The fourth-order valence-corrected chi connectivity index (χ4v) is 4.42. The third-order valence-corrected chi connectivity index (χ3v) is 6.37. The predicted octanol–water partition coefficient (Wildman–Crippen LogP) is 4.53. The molecule has 0 saturated carbocycles. The van der Waals surface area contributed by atoms with Crippen LogP contribution < -0.4 is 10.2 Å². The lowest BCUT2D eigenvalue weighted by atomic mass is 9.99. The van der Waals surface area contributed by atoms with Crippen molar-refractivity contribution in [2.75, 3.05) is 29.1 Å². The molecule has 1 saturated heterocycles. The number of carbonyl (C=O) groups is 1. The third kappa shape index (κ3) is 4.70. The van der Waals surface area contributed by atoms with Crippen LogP contribution in [-0.4, -0.2) is 39.5 Å². The fraction of sp³-hybridized carbons (Fsp3) is 0.409. The summed E-state index contributed by atoms with van der Waals surface area (Å²) in [7, 11) is 0. The highest BCUT2D eigenvalue weighted by atomic mass is 32.2. The highest BCUT2D eigenvalue weighted by molar-refractivity contribution is 7.99. The van der Waals surface area contributed by atoms with Crippen LogP contribution in [0, 0.1) is 5.92 Å². The number of hydrogen-bond acceptors (Lipinski definition) is 6. The molecule has 30 heavy (non-hydrogen) atoms. The summed E-state index contributed by atoms with van der Waals surface area (Å²) in [5.74, 6) is 2.36. The van der Waals surface area contributed by atoms with E-state index < -0.39 is 0 Å². The van der Waals surface area contributed by atoms with Crippen molar-refractivity contribution in [2.45, 2.75) is 38.4 Å². The molecule has 4 rings (SSSR count). The Kier molecular flexibility index (Phi) is 6.42. The van der Waals surface area contributed by atoms with Gasteiger partial charge in [-0.15, -0.1) is 10.2 Å². The molecule has 2 aromatic heterocycles. The Morgan fingerprint density at radius 2 is 1.97 bits per heavy atom. The van der Waals surface area contributed by atoms with Gasteiger partial charge >= 0.3 is 0 Å². The van der Waals surface area contributed by atoms with Gasteiger partial charge in [-0.1, -0.05) is 18.7 Å². The molecule has 0 spiro atoms. The molecule has 1 aliphatic heterocycles. The Balaban J connectivity index is 1.32. The van der Waals surface area contributed by atoms with Gasteiger partial charge in [0.05, 0.1) is 12.0 Å². The Hall–Kier alpha value is -2.74. The van der Waals surface area contributed by atoms with Crippen LogP contribution >= 0.6 is 11.8 Å². The first-order chi connectivity index (χ1) is 14.6. The van der Waals surface area contributed by atoms with Gasteiger partial charge < -0.3 is 14.6 Å². The normalized spacial score (nSPS) is 14.8. The molecule has 7 nitrogen and oxygen atoms in total. The van der Waals surface area contributed by atoms with Gasteiger partial charge in [0.15, 0.2) is 16.7 Å². The number of carbonyl (C=O) groups excluding carboxylic acids is 1. The molecule has 8 heteroatoms. The molecule has 0 aliphatic carbocycles. The van der Waals surface area contributed by atoms with E-state index in [0.29, 0.717) is 23.3 Å². The van der Waals surface area contributed by atoms with Crippen molar-refractivity contribution in [2.24, 2.45) is 5.92 Å². The van der Waals surface area contributed by atoms with Crippen LogP contribution in [-0.2, 0) is 11.3 Å². The van der Waals surface area contributed by atoms with E-state index in [1.165, 1.54) is 30.3 Å². The van der Waals surface area contributed by atoms with Crippen molar-refractivity contribution in [3.63, 3.8) is 0 Å². The first kappa shape index (κ1) is 20.5. The summed E-state index contributed by atoms with van der Waals surface area (Å²) in [6, 6.07) is 11.8. The summed E-state index contributed by atoms with van der Waals surface area (Å²) in [5, 5.41) is 12.1. The summed E-state index contributed by atoms with van der Waals surface area (Å²) in [5.41, 5.74) is 2.03. The first-order valence-corrected chi connectivity index (χ1v) is 11.4. The Morgan fingerprint density at radius 3 is 2.63 bits per heavy atom. The summed E-state index contributed by atoms with van der Waals surface area (Å²) in [6.07, 6.45) is 4.08. The first-order valence-electron chi connectivity index (χ1n) is 10.4. The van der Waals surface area contributed by atoms with Crippen LogP contribution in [0.2, 0.25) is 0 Å². The number of nitrogens with one attached hydrogen (secondary N) is 1. The van der Waals surface area contributed by atoms with Crippen molar-refractivity contribution >= 4 is 29.0 Å². The number of amides is 1. The van der Waals surface area contributed by atoms with Gasteiger partial charge in [-0.3, -0.25) is 9.36 Å². The van der Waals surface area contributed by atoms with Crippen molar-refractivity contribution in [3.8, 4) is 11.6 Å². The average molecular weight is 426 g/mol. The number of rotatable bonds is 7. The molecule has 1 amide bonds. The van der Waals surface area contributed by atoms with Gasteiger partial charge in [-0.2, -0.15) is 0 Å². The lowest BCUT2D eigenvalue weighted by Gasteiger charge is -2.32. The summed E-state index contributed by atoms with van der Waals surface area (Å²) >= 11 is 1.37. The van der Waals surface area contributed by atoms with E-state index in [0.717, 1.165) is 24.7 Å². The zero-order chi connectivity index (χ0) is 20.9. The van der Waals surface area contributed by atoms with Gasteiger partial charge in [0, 0.05) is 31.0 Å². The lowest BCUT2D eigenvalue weighted by Crippen LogP contribution is -2.32. The minimum absolute atomic E-state index is 0.0650. The van der Waals surface area contributed by atoms with Gasteiger partial charge in [-0.25, -0.2) is 0 Å². The minimum atomic E-state index is -0.0650. The largest absolute Gasteiger partial charge is 0.461 e. The molecule has 1 fully saturated rings. The summed E-state index contributed by atoms with van der Waals surface area (Å²) < 4.78 is 7.37. The van der Waals surface area contributed by atoms with E-state index >= 15 is 0 Å². The molecule has 0 atom stereocenters. The molecule has 0 radical (unpaired) electrons. The molecular formula is C22H27N5O2S. The number of thioether (sulfide) groups is 1. The van der Waals surface area contributed by atoms with Gasteiger partial charge in [0.25, 0.3) is 0 Å². The molecule has 3 aromatic rings. The van der Waals surface area contributed by atoms with Gasteiger partial charge in [0.2, 0.25) is 5.91 Å². The van der Waals surface area contributed by atoms with Gasteiger partial charge in [-0.05, 0) is 62.1 Å². The van der Waals surface area contributed by atoms with Gasteiger partial charge in [0.1, 0.15) is 0 Å². The second kappa shape index (κ2) is 9.38. The van der Waals surface area contributed by atoms with Crippen molar-refractivity contribution < 1.29 is 9.21 Å². The topological polar surface area (TPSA) is 76.2 Å². The second-order valence-electron chi connectivity index (χ2n) is 7.58. The number of piperidine rings is 1. The molecule has 158 valence electrons. The molecule has 3 heterocycles. The van der Waals surface area contributed by atoms with E-state index in [-0.39, 0.29) is 11.7 Å². The van der Waals surface area contributed by atoms with E-state index in [1.807, 2.05) is 35.8 Å². The lowest BCUT2D eigenvalue weighted by molar-refractivity contribution is -0.113. The second-order valence-corrected chi connectivity index (χ2v) is 8.52. The van der Waals surface area contributed by atoms with E-state index in [1.54, 1.807) is 6.26 Å². The number of hydrogen-bond donors (Lipinski definition) is 1. The van der Waals surface area contributed by atoms with Crippen molar-refractivity contribution in [1.29, 1.82) is 0 Å². The molecule has 0 unspecified atom stereocenters. The maximum atomic E-state index is 12.4. The maximum absolute atomic E-state index is 12.4. The number of aromatic nitrogens is 3. The molecule has 1 aliphatic rings. The number of benzene rings is 1. The quantitative estimate of drug-likeness (QED) is 0.561. The zero-order valence-corrected chi connectivity index (χ0v) is 18.2. The Morgan fingerprint density at radius 1 is 1.20 bits per heavy atom. The molecule has 1 N–H and O–H groups in total. The van der Waals surface area contributed by atoms with Crippen molar-refractivity contribution in [3.05, 3.63) is 42.7 Å². The van der Waals surface area contributed by atoms with Crippen LogP contribution in [0.4, 0.5) is 11.4 Å². The standard InChI is InChI=1S/C22H27N5O2S/c1-3-27-21(19-5-4-14-29-19)24-25-22(27)30-15-20(28)23-17-6-8-18(9-7-17)26-12-10-16(2)11-13-26/h4-9,14,16H,3,10-13,15H2,1-2H3,(H,23,28). The number of furan rings is 1. The number of anilines is 2. The monoisotopic (exact) mass is 425 g/mol. The molecule has 0 bridgehead atoms. The zero-order valence-electron chi connectivity index (χ0n) is 17.4. The molecular weight excluding hydrogens is 398 g/mol. The maximum Gasteiger partial charge on any atom is 0.234 e. The van der Waals surface area contributed by atoms with E-state index in [2.05, 4.69) is 39.5 Å². The van der Waals surface area contributed by atoms with Crippen LogP contribution in [0.25, 0.3) is 11.6 Å². The van der Waals surface area contributed by atoms with Crippen LogP contribution in [0.15, 0.2) is 52.2 Å². The van der Waals surface area contributed by atoms with Crippen LogP contribution in [0.5, 0.6) is 0 Å². The third-order valence-electron chi connectivity index (χ3n) is 5.41. The van der Waals surface area contributed by atoms with Crippen LogP contribution in [0.1, 0.15) is 26.7 Å². The van der Waals surface area contributed by atoms with E-state index in [4.69, 9.17) is 4.42 Å². The SMILES string of the molecule is CCn1c(SCC(=O)Nc2ccc(N3CCC(C)CC3)cc2)nnc1-c1ccco1.